The van der Waals surface area contributed by atoms with Gasteiger partial charge in [0.2, 0.25) is 5.91 Å². The third kappa shape index (κ3) is 4.91. The minimum absolute atomic E-state index is 0.0417. The number of hydrogen-bond acceptors (Lipinski definition) is 5. The molecule has 0 spiro atoms. The van der Waals surface area contributed by atoms with Gasteiger partial charge in [0.05, 0.1) is 12.1 Å². The Morgan fingerprint density at radius 2 is 1.83 bits per heavy atom. The highest BCUT2D eigenvalue weighted by molar-refractivity contribution is 7.17. The van der Waals surface area contributed by atoms with Crippen molar-refractivity contribution in [3.8, 4) is 0 Å². The van der Waals surface area contributed by atoms with Crippen molar-refractivity contribution < 1.29 is 9.59 Å². The lowest BCUT2D eigenvalue weighted by molar-refractivity contribution is -0.117. The van der Waals surface area contributed by atoms with Crippen LogP contribution in [0.25, 0.3) is 0 Å². The van der Waals surface area contributed by atoms with Gasteiger partial charge in [0.1, 0.15) is 5.00 Å². The Hall–Kier alpha value is -2.22. The molecule has 160 valence electrons. The minimum Gasteiger partial charge on any atom is -0.322 e. The van der Waals surface area contributed by atoms with E-state index in [9.17, 15) is 9.59 Å². The molecule has 4 rings (SSSR count). The predicted octanol–water partition coefficient (Wildman–Crippen LogP) is 3.31. The van der Waals surface area contributed by atoms with Crippen LogP contribution in [0.15, 0.2) is 30.3 Å². The molecule has 0 radical (unpaired) electrons. The number of anilines is 2. The molecule has 6 nitrogen and oxygen atoms in total. The lowest BCUT2D eigenvalue weighted by Gasteiger charge is -2.31. The Balaban J connectivity index is 1.52. The normalized spacial score (nSPS) is 19.9. The largest absolute Gasteiger partial charge is 0.322 e. The zero-order valence-corrected chi connectivity index (χ0v) is 18.6. The smallest absolute Gasteiger partial charge is 0.258 e. The average molecular weight is 427 g/mol. The van der Waals surface area contributed by atoms with Crippen LogP contribution < -0.4 is 10.6 Å². The molecule has 1 atom stereocenters. The number of piperazine rings is 1. The van der Waals surface area contributed by atoms with E-state index >= 15 is 0 Å². The highest BCUT2D eigenvalue weighted by Gasteiger charge is 2.29. The maximum atomic E-state index is 13.2. The van der Waals surface area contributed by atoms with Gasteiger partial charge in [0.15, 0.2) is 0 Å². The van der Waals surface area contributed by atoms with Crippen LogP contribution in [0.1, 0.15) is 34.1 Å². The van der Waals surface area contributed by atoms with Gasteiger partial charge in [-0.1, -0.05) is 25.1 Å². The van der Waals surface area contributed by atoms with E-state index in [2.05, 4.69) is 34.4 Å². The summed E-state index contributed by atoms with van der Waals surface area (Å²) in [6.07, 6.45) is 2.93. The third-order valence-electron chi connectivity index (χ3n) is 5.99. The number of para-hydroxylation sites is 1. The third-order valence-corrected chi connectivity index (χ3v) is 7.16. The SMILES string of the molecule is C[C@H]1CCc2c(sc(NC(=O)CN3CCN(C)CC3)c2C(=O)Nc2ccccc2)C1. The first kappa shape index (κ1) is 21.0. The lowest BCUT2D eigenvalue weighted by atomic mass is 9.88. The summed E-state index contributed by atoms with van der Waals surface area (Å²) in [7, 11) is 2.10. The number of hydrogen-bond donors (Lipinski definition) is 2. The van der Waals surface area contributed by atoms with Crippen molar-refractivity contribution in [2.45, 2.75) is 26.2 Å². The van der Waals surface area contributed by atoms with Crippen molar-refractivity contribution in [2.75, 3.05) is 50.4 Å². The fourth-order valence-electron chi connectivity index (χ4n) is 4.17. The second-order valence-electron chi connectivity index (χ2n) is 8.50. The summed E-state index contributed by atoms with van der Waals surface area (Å²) < 4.78 is 0. The summed E-state index contributed by atoms with van der Waals surface area (Å²) in [4.78, 5) is 31.7. The molecular formula is C23H30N4O2S. The van der Waals surface area contributed by atoms with E-state index in [1.54, 1.807) is 11.3 Å². The standard InChI is InChI=1S/C23H30N4O2S/c1-16-8-9-18-19(14-16)30-23(21(18)22(29)24-17-6-4-3-5-7-17)25-20(28)15-27-12-10-26(2)11-13-27/h3-7,16H,8-15H2,1-2H3,(H,24,29)(H,25,28)/t16-/m0/s1. The van der Waals surface area contributed by atoms with Gasteiger partial charge in [-0.3, -0.25) is 14.5 Å². The highest BCUT2D eigenvalue weighted by Crippen LogP contribution is 2.40. The first-order valence-electron chi connectivity index (χ1n) is 10.7. The van der Waals surface area contributed by atoms with Crippen molar-refractivity contribution in [1.82, 2.24) is 9.80 Å². The molecule has 0 saturated carbocycles. The fourth-order valence-corrected chi connectivity index (χ4v) is 5.59. The summed E-state index contributed by atoms with van der Waals surface area (Å²) >= 11 is 1.58. The van der Waals surface area contributed by atoms with Crippen LogP contribution in [0.4, 0.5) is 10.7 Å². The summed E-state index contributed by atoms with van der Waals surface area (Å²) in [5.41, 5.74) is 2.53. The second kappa shape index (κ2) is 9.29. The Labute approximate surface area is 182 Å². The van der Waals surface area contributed by atoms with Crippen LogP contribution >= 0.6 is 11.3 Å². The molecule has 1 saturated heterocycles. The predicted molar refractivity (Wildman–Crippen MR) is 122 cm³/mol. The number of nitrogens with one attached hydrogen (secondary N) is 2. The Kier molecular flexibility index (Phi) is 6.51. The topological polar surface area (TPSA) is 64.7 Å². The van der Waals surface area contributed by atoms with Gasteiger partial charge >= 0.3 is 0 Å². The van der Waals surface area contributed by atoms with Crippen LogP contribution in [0.3, 0.4) is 0 Å². The number of fused-ring (bicyclic) bond motifs is 1. The van der Waals surface area contributed by atoms with Gasteiger partial charge in [-0.15, -0.1) is 11.3 Å². The molecular weight excluding hydrogens is 396 g/mol. The molecule has 2 N–H and O–H groups in total. The van der Waals surface area contributed by atoms with Crippen molar-refractivity contribution in [3.05, 3.63) is 46.3 Å². The summed E-state index contributed by atoms with van der Waals surface area (Å²) in [6, 6.07) is 9.49. The summed E-state index contributed by atoms with van der Waals surface area (Å²) in [6.45, 7) is 6.35. The fraction of sp³-hybridized carbons (Fsp3) is 0.478. The molecule has 2 aliphatic rings. The van der Waals surface area contributed by atoms with Crippen molar-refractivity contribution in [2.24, 2.45) is 5.92 Å². The Morgan fingerprint density at radius 3 is 2.57 bits per heavy atom. The number of thiophene rings is 1. The number of carbonyl (C=O) groups is 2. The zero-order valence-electron chi connectivity index (χ0n) is 17.7. The van der Waals surface area contributed by atoms with E-state index in [-0.39, 0.29) is 11.8 Å². The second-order valence-corrected chi connectivity index (χ2v) is 9.61. The minimum atomic E-state index is -0.136. The van der Waals surface area contributed by atoms with Crippen LogP contribution in [-0.2, 0) is 17.6 Å². The van der Waals surface area contributed by atoms with E-state index in [0.717, 1.165) is 56.7 Å². The summed E-state index contributed by atoms with van der Waals surface area (Å²) in [5.74, 6) is 0.429. The van der Waals surface area contributed by atoms with Crippen molar-refractivity contribution in [3.63, 3.8) is 0 Å². The molecule has 2 amide bonds. The maximum Gasteiger partial charge on any atom is 0.258 e. The molecule has 2 aromatic rings. The maximum absolute atomic E-state index is 13.2. The Morgan fingerprint density at radius 1 is 1.10 bits per heavy atom. The first-order chi connectivity index (χ1) is 14.5. The molecule has 30 heavy (non-hydrogen) atoms. The number of carbonyl (C=O) groups excluding carboxylic acids is 2. The molecule has 7 heteroatoms. The number of nitrogens with zero attached hydrogens (tertiary/aromatic N) is 2. The van der Waals surface area contributed by atoms with Crippen molar-refractivity contribution in [1.29, 1.82) is 0 Å². The van der Waals surface area contributed by atoms with Gasteiger partial charge in [-0.05, 0) is 49.9 Å². The van der Waals surface area contributed by atoms with Crippen molar-refractivity contribution >= 4 is 33.8 Å². The molecule has 0 bridgehead atoms. The van der Waals surface area contributed by atoms with E-state index in [1.807, 2.05) is 30.3 Å². The molecule has 2 heterocycles. The number of benzene rings is 1. The van der Waals surface area contributed by atoms with E-state index in [0.29, 0.717) is 23.0 Å². The van der Waals surface area contributed by atoms with Gasteiger partial charge in [-0.2, -0.15) is 0 Å². The van der Waals surface area contributed by atoms with Gasteiger partial charge < -0.3 is 15.5 Å². The van der Waals surface area contributed by atoms with Gasteiger partial charge in [-0.25, -0.2) is 0 Å². The number of amides is 2. The Bertz CT molecular complexity index is 903. The van der Waals surface area contributed by atoms with Crippen LogP contribution in [0.2, 0.25) is 0 Å². The van der Waals surface area contributed by atoms with E-state index in [4.69, 9.17) is 0 Å². The van der Waals surface area contributed by atoms with Gasteiger partial charge in [0, 0.05) is 36.7 Å². The number of rotatable bonds is 5. The van der Waals surface area contributed by atoms with E-state index < -0.39 is 0 Å². The highest BCUT2D eigenvalue weighted by atomic mass is 32.1. The van der Waals surface area contributed by atoms with Gasteiger partial charge in [0.25, 0.3) is 5.91 Å². The molecule has 1 aromatic carbocycles. The molecule has 1 aliphatic carbocycles. The van der Waals surface area contributed by atoms with Crippen LogP contribution in [0.5, 0.6) is 0 Å². The zero-order chi connectivity index (χ0) is 21.1. The summed E-state index contributed by atoms with van der Waals surface area (Å²) in [5, 5.41) is 6.77. The van der Waals surface area contributed by atoms with Crippen LogP contribution in [0, 0.1) is 5.92 Å². The molecule has 1 fully saturated rings. The monoisotopic (exact) mass is 426 g/mol. The molecule has 0 unspecified atom stereocenters. The lowest BCUT2D eigenvalue weighted by Crippen LogP contribution is -2.47. The first-order valence-corrected chi connectivity index (χ1v) is 11.5. The quantitative estimate of drug-likeness (QED) is 0.770. The van der Waals surface area contributed by atoms with E-state index in [1.165, 1.54) is 4.88 Å². The molecule has 1 aromatic heterocycles. The number of likely N-dealkylation sites (N-methyl/N-ethyl adjacent to an activating group) is 1. The van der Waals surface area contributed by atoms with Crippen LogP contribution in [-0.4, -0.2) is 61.4 Å². The average Bonchev–Trinajstić information content (AvgIpc) is 3.07. The molecule has 1 aliphatic heterocycles.